The number of nitrogens with two attached hydrogens (primary N) is 1. The zero-order chi connectivity index (χ0) is 15.3. The smallest absolute Gasteiger partial charge is 0.265 e. The van der Waals surface area contributed by atoms with Crippen molar-refractivity contribution in [1.82, 2.24) is 10.3 Å². The zero-order valence-corrected chi connectivity index (χ0v) is 14.0. The summed E-state index contributed by atoms with van der Waals surface area (Å²) in [6.07, 6.45) is 5.67. The molecule has 6 nitrogen and oxygen atoms in total. The van der Waals surface area contributed by atoms with Crippen LogP contribution in [0, 0.1) is 0 Å². The van der Waals surface area contributed by atoms with Crippen LogP contribution in [0.5, 0.6) is 0 Å². The number of rotatable bonds is 8. The van der Waals surface area contributed by atoms with E-state index in [0.29, 0.717) is 29.7 Å². The molecule has 4 N–H and O–H groups in total. The number of anilines is 2. The summed E-state index contributed by atoms with van der Waals surface area (Å²) in [5.74, 6) is 0.148. The monoisotopic (exact) mass is 330 g/mol. The molecule has 0 bridgehead atoms. The first-order chi connectivity index (χ1) is 10.1. The molecule has 1 aromatic rings. The minimum atomic E-state index is -0.134. The zero-order valence-electron chi connectivity index (χ0n) is 12.4. The Morgan fingerprint density at radius 1 is 1.57 bits per heavy atom. The van der Waals surface area contributed by atoms with Crippen LogP contribution in [0.25, 0.3) is 0 Å². The van der Waals surface area contributed by atoms with Gasteiger partial charge in [0, 0.05) is 24.9 Å². The molecular formula is C13H22N4O2S2. The van der Waals surface area contributed by atoms with Gasteiger partial charge in [-0.25, -0.2) is 4.98 Å². The molecule has 1 aliphatic rings. The van der Waals surface area contributed by atoms with E-state index in [0.717, 1.165) is 12.8 Å². The highest BCUT2D eigenvalue weighted by Crippen LogP contribution is 2.42. The van der Waals surface area contributed by atoms with Crippen molar-refractivity contribution < 1.29 is 9.53 Å². The van der Waals surface area contributed by atoms with E-state index in [2.05, 4.69) is 21.9 Å². The highest BCUT2D eigenvalue weighted by molar-refractivity contribution is 8.00. The topological polar surface area (TPSA) is 89.3 Å². The van der Waals surface area contributed by atoms with Gasteiger partial charge in [-0.05, 0) is 19.1 Å². The van der Waals surface area contributed by atoms with Gasteiger partial charge in [-0.1, -0.05) is 17.8 Å². The van der Waals surface area contributed by atoms with Crippen LogP contribution in [-0.4, -0.2) is 48.7 Å². The summed E-state index contributed by atoms with van der Waals surface area (Å²) in [6, 6.07) is 0. The van der Waals surface area contributed by atoms with Crippen molar-refractivity contribution >= 4 is 40.0 Å². The van der Waals surface area contributed by atoms with Gasteiger partial charge < -0.3 is 21.1 Å². The molecule has 0 unspecified atom stereocenters. The molecule has 0 radical (unpaired) electrons. The average Bonchev–Trinajstić information content (AvgIpc) is 2.79. The lowest BCUT2D eigenvalue weighted by atomic mass is 9.84. The highest BCUT2D eigenvalue weighted by Gasteiger charge is 2.36. The minimum absolute atomic E-state index is 0.134. The summed E-state index contributed by atoms with van der Waals surface area (Å²) in [4.78, 5) is 16.9. The van der Waals surface area contributed by atoms with E-state index in [1.54, 1.807) is 7.11 Å². The molecule has 0 saturated heterocycles. The molecule has 1 aliphatic carbocycles. The number of hydrogen-bond acceptors (Lipinski definition) is 7. The average molecular weight is 330 g/mol. The van der Waals surface area contributed by atoms with Gasteiger partial charge in [0.15, 0.2) is 5.13 Å². The van der Waals surface area contributed by atoms with Crippen LogP contribution in [0.15, 0.2) is 0 Å². The van der Waals surface area contributed by atoms with Gasteiger partial charge in [-0.3, -0.25) is 4.79 Å². The number of ether oxygens (including phenoxy) is 1. The van der Waals surface area contributed by atoms with Crippen LogP contribution in [0.1, 0.15) is 28.9 Å². The second kappa shape index (κ2) is 7.33. The Labute approximate surface area is 133 Å². The van der Waals surface area contributed by atoms with Crippen molar-refractivity contribution in [3.05, 3.63) is 4.88 Å². The van der Waals surface area contributed by atoms with Crippen molar-refractivity contribution in [1.29, 1.82) is 0 Å². The standard InChI is InChI=1S/C13H22N4O2S2/c1-19-7-6-15-12-17-10(14)9(21-12)11(18)16-8-13(20-2)4-3-5-13/h3-8,14H2,1-2H3,(H,15,17)(H,16,18). The minimum Gasteiger partial charge on any atom is -0.383 e. The lowest BCUT2D eigenvalue weighted by Crippen LogP contribution is -2.45. The fourth-order valence-electron chi connectivity index (χ4n) is 2.18. The van der Waals surface area contributed by atoms with Crippen molar-refractivity contribution in [2.45, 2.75) is 24.0 Å². The highest BCUT2D eigenvalue weighted by atomic mass is 32.2. The summed E-state index contributed by atoms with van der Waals surface area (Å²) < 4.78 is 5.17. The van der Waals surface area contributed by atoms with Crippen LogP contribution < -0.4 is 16.4 Å². The van der Waals surface area contributed by atoms with Crippen molar-refractivity contribution in [2.24, 2.45) is 0 Å². The number of nitrogens with one attached hydrogen (secondary N) is 2. The molecule has 118 valence electrons. The van der Waals surface area contributed by atoms with Gasteiger partial charge in [-0.2, -0.15) is 11.8 Å². The lowest BCUT2D eigenvalue weighted by Gasteiger charge is -2.40. The lowest BCUT2D eigenvalue weighted by molar-refractivity contribution is 0.0948. The third kappa shape index (κ3) is 4.02. The molecule has 0 spiro atoms. The third-order valence-electron chi connectivity index (χ3n) is 3.71. The van der Waals surface area contributed by atoms with E-state index >= 15 is 0 Å². The van der Waals surface area contributed by atoms with E-state index in [1.807, 2.05) is 11.8 Å². The molecule has 1 fully saturated rings. The quantitative estimate of drug-likeness (QED) is 0.630. The van der Waals surface area contributed by atoms with Gasteiger partial charge in [0.25, 0.3) is 5.91 Å². The Kier molecular flexibility index (Phi) is 5.72. The van der Waals surface area contributed by atoms with Crippen LogP contribution in [0.3, 0.4) is 0 Å². The first-order valence-corrected chi connectivity index (χ1v) is 8.97. The predicted octanol–water partition coefficient (Wildman–Crippen LogP) is 1.80. The van der Waals surface area contributed by atoms with Gasteiger partial charge in [0.1, 0.15) is 10.7 Å². The van der Waals surface area contributed by atoms with Crippen molar-refractivity contribution in [3.8, 4) is 0 Å². The molecular weight excluding hydrogens is 308 g/mol. The van der Waals surface area contributed by atoms with Crippen LogP contribution >= 0.6 is 23.1 Å². The van der Waals surface area contributed by atoms with E-state index in [9.17, 15) is 4.79 Å². The first-order valence-electron chi connectivity index (χ1n) is 6.93. The Bertz CT molecular complexity index is 483. The van der Waals surface area contributed by atoms with Gasteiger partial charge in [0.2, 0.25) is 0 Å². The normalized spacial score (nSPS) is 16.3. The Morgan fingerprint density at radius 2 is 2.33 bits per heavy atom. The summed E-state index contributed by atoms with van der Waals surface area (Å²) in [6.45, 7) is 1.91. The number of thioether (sulfide) groups is 1. The molecule has 0 aliphatic heterocycles. The maximum atomic E-state index is 12.2. The number of nitrogen functional groups attached to an aromatic ring is 1. The maximum Gasteiger partial charge on any atom is 0.265 e. The van der Waals surface area contributed by atoms with Crippen molar-refractivity contribution in [2.75, 3.05) is 44.1 Å². The van der Waals surface area contributed by atoms with Crippen molar-refractivity contribution in [3.63, 3.8) is 0 Å². The van der Waals surface area contributed by atoms with E-state index in [-0.39, 0.29) is 16.5 Å². The van der Waals surface area contributed by atoms with Gasteiger partial charge in [0.05, 0.1) is 6.61 Å². The molecule has 1 aromatic heterocycles. The third-order valence-corrected chi connectivity index (χ3v) is 6.16. The number of hydrogen-bond donors (Lipinski definition) is 3. The molecule has 0 aromatic carbocycles. The molecule has 1 heterocycles. The summed E-state index contributed by atoms with van der Waals surface area (Å²) in [5, 5.41) is 6.73. The number of aromatic nitrogens is 1. The fourth-order valence-corrected chi connectivity index (χ4v) is 3.92. The molecule has 21 heavy (non-hydrogen) atoms. The van der Waals surface area contributed by atoms with Crippen LogP contribution in [0.2, 0.25) is 0 Å². The first kappa shape index (κ1) is 16.4. The SMILES string of the molecule is COCCNc1nc(N)c(C(=O)NCC2(SC)CCC2)s1. The van der Waals surface area contributed by atoms with Crippen LogP contribution in [0.4, 0.5) is 10.9 Å². The second-order valence-electron chi connectivity index (χ2n) is 5.08. The Morgan fingerprint density at radius 3 is 2.90 bits per heavy atom. The Hall–Kier alpha value is -0.990. The molecule has 1 saturated carbocycles. The van der Waals surface area contributed by atoms with Gasteiger partial charge in [-0.15, -0.1) is 0 Å². The second-order valence-corrected chi connectivity index (χ2v) is 7.35. The van der Waals surface area contributed by atoms with E-state index < -0.39 is 0 Å². The molecule has 8 heteroatoms. The number of methoxy groups -OCH3 is 1. The molecule has 0 atom stereocenters. The van der Waals surface area contributed by atoms with Crippen LogP contribution in [-0.2, 0) is 4.74 Å². The largest absolute Gasteiger partial charge is 0.383 e. The number of carbonyl (C=O) groups excluding carboxylic acids is 1. The van der Waals surface area contributed by atoms with E-state index in [1.165, 1.54) is 17.8 Å². The number of carbonyl (C=O) groups is 1. The summed E-state index contributed by atoms with van der Waals surface area (Å²) in [5.41, 5.74) is 5.83. The number of nitrogens with zero attached hydrogens (tertiary/aromatic N) is 1. The number of thiazole rings is 1. The maximum absolute atomic E-state index is 12.2. The molecule has 1 amide bonds. The van der Waals surface area contributed by atoms with Gasteiger partial charge >= 0.3 is 0 Å². The summed E-state index contributed by atoms with van der Waals surface area (Å²) >= 11 is 3.11. The predicted molar refractivity (Wildman–Crippen MR) is 89.3 cm³/mol. The summed E-state index contributed by atoms with van der Waals surface area (Å²) in [7, 11) is 1.64. The molecule has 2 rings (SSSR count). The Balaban J connectivity index is 1.89. The fraction of sp³-hybridized carbons (Fsp3) is 0.692. The van der Waals surface area contributed by atoms with E-state index in [4.69, 9.17) is 10.5 Å². The number of amides is 1.